The van der Waals surface area contributed by atoms with Gasteiger partial charge in [0.05, 0.1) is 5.41 Å². The lowest BCUT2D eigenvalue weighted by molar-refractivity contribution is 0.768. The highest BCUT2D eigenvalue weighted by molar-refractivity contribution is 6.01. The second-order valence-electron chi connectivity index (χ2n) is 16.8. The summed E-state index contributed by atoms with van der Waals surface area (Å²) in [6.07, 6.45) is 0. The molecule has 0 bridgehead atoms. The van der Waals surface area contributed by atoms with Gasteiger partial charge in [0.1, 0.15) is 0 Å². The summed E-state index contributed by atoms with van der Waals surface area (Å²) in [7, 11) is 0. The Morgan fingerprint density at radius 3 is 1.41 bits per heavy atom. The van der Waals surface area contributed by atoms with Crippen molar-refractivity contribution in [2.45, 2.75) is 5.41 Å². The van der Waals surface area contributed by atoms with E-state index >= 15 is 0 Å². The van der Waals surface area contributed by atoms with E-state index in [1.807, 2.05) is 0 Å². The lowest BCUT2D eigenvalue weighted by Crippen LogP contribution is -2.28. The summed E-state index contributed by atoms with van der Waals surface area (Å²) in [6, 6.07) is 95.9. The van der Waals surface area contributed by atoms with Crippen molar-refractivity contribution in [3.8, 4) is 44.5 Å². The maximum atomic E-state index is 2.46. The minimum absolute atomic E-state index is 0.511. The molecular formula is C63H43N. The lowest BCUT2D eigenvalue weighted by Gasteiger charge is -2.35. The van der Waals surface area contributed by atoms with Gasteiger partial charge in [-0.15, -0.1) is 0 Å². The second kappa shape index (κ2) is 15.6. The summed E-state index contributed by atoms with van der Waals surface area (Å²) >= 11 is 0. The fourth-order valence-electron chi connectivity index (χ4n) is 10.4. The molecule has 0 N–H and O–H groups in total. The number of hydrogen-bond donors (Lipinski definition) is 0. The smallest absolute Gasteiger partial charge is 0.0714 e. The van der Waals surface area contributed by atoms with Gasteiger partial charge in [-0.1, -0.05) is 212 Å². The fourth-order valence-corrected chi connectivity index (χ4v) is 10.4. The van der Waals surface area contributed by atoms with Crippen molar-refractivity contribution >= 4 is 38.6 Å². The van der Waals surface area contributed by atoms with E-state index in [9.17, 15) is 0 Å². The summed E-state index contributed by atoms with van der Waals surface area (Å²) in [6.45, 7) is 0. The Morgan fingerprint density at radius 2 is 0.734 bits per heavy atom. The lowest BCUT2D eigenvalue weighted by atomic mass is 9.67. The first kappa shape index (κ1) is 37.5. The molecule has 300 valence electrons. The molecule has 0 aromatic heterocycles. The molecule has 0 saturated carbocycles. The fraction of sp³-hybridized carbons (Fsp3) is 0.0159. The van der Waals surface area contributed by atoms with E-state index in [-0.39, 0.29) is 0 Å². The van der Waals surface area contributed by atoms with Crippen LogP contribution in [0.2, 0.25) is 0 Å². The third-order valence-corrected chi connectivity index (χ3v) is 13.3. The van der Waals surface area contributed by atoms with Gasteiger partial charge >= 0.3 is 0 Å². The molecule has 64 heavy (non-hydrogen) atoms. The summed E-state index contributed by atoms with van der Waals surface area (Å²) < 4.78 is 0. The normalized spacial score (nSPS) is 12.5. The molecule has 1 aliphatic carbocycles. The standard InChI is InChI=1S/C63H43N/c1-4-17-44(18-5-1)49-41-48-20-11-13-27-57(48)60(42-49)47-33-37-53(38-34-47)64(52-35-31-46(32-36-52)56-29-16-21-45-19-10-12-26-55(45)56)54-39-40-59-58-28-14-15-30-61(58)63(62(59)43-54,50-22-6-2-7-23-50)51-24-8-3-9-25-51/h1-43H. The quantitative estimate of drug-likeness (QED) is 0.148. The highest BCUT2D eigenvalue weighted by Crippen LogP contribution is 2.57. The average Bonchev–Trinajstić information content (AvgIpc) is 3.67. The molecule has 1 aliphatic rings. The van der Waals surface area contributed by atoms with Gasteiger partial charge in [0.15, 0.2) is 0 Å². The van der Waals surface area contributed by atoms with Crippen LogP contribution in [0.5, 0.6) is 0 Å². The van der Waals surface area contributed by atoms with Crippen molar-refractivity contribution in [3.63, 3.8) is 0 Å². The SMILES string of the molecule is c1ccc(-c2cc(-c3ccc(N(c4ccc(-c5cccc6ccccc56)cc4)c4ccc5c(c4)C(c4ccccc4)(c4ccccc4)c4ccccc4-5)cc3)c3ccccc3c2)cc1. The van der Waals surface area contributed by atoms with Crippen LogP contribution < -0.4 is 4.90 Å². The summed E-state index contributed by atoms with van der Waals surface area (Å²) in [5.74, 6) is 0. The Hall–Kier alpha value is -8.26. The topological polar surface area (TPSA) is 3.24 Å². The highest BCUT2D eigenvalue weighted by atomic mass is 15.1. The van der Waals surface area contributed by atoms with Crippen molar-refractivity contribution in [1.82, 2.24) is 0 Å². The van der Waals surface area contributed by atoms with Crippen molar-refractivity contribution in [1.29, 1.82) is 0 Å². The summed E-state index contributed by atoms with van der Waals surface area (Å²) in [5.41, 5.74) is 17.7. The van der Waals surface area contributed by atoms with E-state index in [2.05, 4.69) is 266 Å². The maximum absolute atomic E-state index is 2.46. The maximum Gasteiger partial charge on any atom is 0.0714 e. The van der Waals surface area contributed by atoms with Crippen molar-refractivity contribution in [2.24, 2.45) is 0 Å². The molecule has 0 amide bonds. The zero-order valence-corrected chi connectivity index (χ0v) is 35.3. The summed E-state index contributed by atoms with van der Waals surface area (Å²) in [5, 5.41) is 4.97. The predicted molar refractivity (Wildman–Crippen MR) is 270 cm³/mol. The molecule has 12 rings (SSSR count). The third kappa shape index (κ3) is 6.16. The van der Waals surface area contributed by atoms with E-state index < -0.39 is 5.41 Å². The largest absolute Gasteiger partial charge is 0.310 e. The summed E-state index contributed by atoms with van der Waals surface area (Å²) in [4.78, 5) is 2.43. The van der Waals surface area contributed by atoms with Crippen LogP contribution >= 0.6 is 0 Å². The van der Waals surface area contributed by atoms with Gasteiger partial charge < -0.3 is 4.90 Å². The number of benzene rings is 11. The Kier molecular flexibility index (Phi) is 9.13. The van der Waals surface area contributed by atoms with Gasteiger partial charge in [-0.25, -0.2) is 0 Å². The molecule has 1 nitrogen and oxygen atoms in total. The van der Waals surface area contributed by atoms with Crippen LogP contribution in [0.25, 0.3) is 66.1 Å². The van der Waals surface area contributed by atoms with E-state index in [1.54, 1.807) is 0 Å². The zero-order valence-electron chi connectivity index (χ0n) is 35.3. The predicted octanol–water partition coefficient (Wildman–Crippen LogP) is 16.8. The van der Waals surface area contributed by atoms with Gasteiger partial charge in [-0.3, -0.25) is 0 Å². The van der Waals surface area contributed by atoms with Gasteiger partial charge in [0, 0.05) is 17.1 Å². The molecule has 11 aromatic carbocycles. The van der Waals surface area contributed by atoms with E-state index in [4.69, 9.17) is 0 Å². The first-order valence-corrected chi connectivity index (χ1v) is 22.2. The number of anilines is 3. The number of nitrogens with zero attached hydrogens (tertiary/aromatic N) is 1. The number of hydrogen-bond acceptors (Lipinski definition) is 1. The van der Waals surface area contributed by atoms with Crippen LogP contribution in [-0.2, 0) is 5.41 Å². The average molecular weight is 814 g/mol. The minimum Gasteiger partial charge on any atom is -0.310 e. The highest BCUT2D eigenvalue weighted by Gasteiger charge is 2.46. The Labute approximate surface area is 374 Å². The van der Waals surface area contributed by atoms with Crippen LogP contribution in [0.3, 0.4) is 0 Å². The molecule has 0 atom stereocenters. The molecule has 0 aliphatic heterocycles. The molecule has 0 saturated heterocycles. The first-order valence-electron chi connectivity index (χ1n) is 22.2. The molecule has 1 heteroatoms. The third-order valence-electron chi connectivity index (χ3n) is 13.3. The van der Waals surface area contributed by atoms with Gasteiger partial charge in [0.2, 0.25) is 0 Å². The number of fused-ring (bicyclic) bond motifs is 5. The Morgan fingerprint density at radius 1 is 0.250 bits per heavy atom. The molecule has 0 unspecified atom stereocenters. The number of rotatable bonds is 8. The molecule has 0 fully saturated rings. The van der Waals surface area contributed by atoms with Gasteiger partial charge in [-0.2, -0.15) is 0 Å². The van der Waals surface area contributed by atoms with Crippen LogP contribution in [0.4, 0.5) is 17.1 Å². The van der Waals surface area contributed by atoms with Crippen molar-refractivity contribution in [3.05, 3.63) is 283 Å². The van der Waals surface area contributed by atoms with E-state index in [0.717, 1.165) is 17.1 Å². The van der Waals surface area contributed by atoms with Crippen molar-refractivity contribution < 1.29 is 0 Å². The Bertz CT molecular complexity index is 3420. The monoisotopic (exact) mass is 813 g/mol. The minimum atomic E-state index is -0.511. The van der Waals surface area contributed by atoms with Crippen LogP contribution in [-0.4, -0.2) is 0 Å². The van der Waals surface area contributed by atoms with Crippen LogP contribution in [0, 0.1) is 0 Å². The van der Waals surface area contributed by atoms with Crippen LogP contribution in [0.15, 0.2) is 261 Å². The molecule has 0 spiro atoms. The molecular weight excluding hydrogens is 771 g/mol. The van der Waals surface area contributed by atoms with Crippen molar-refractivity contribution in [2.75, 3.05) is 4.90 Å². The first-order chi connectivity index (χ1) is 31.7. The van der Waals surface area contributed by atoms with Gasteiger partial charge in [-0.05, 0) is 137 Å². The van der Waals surface area contributed by atoms with E-state index in [0.29, 0.717) is 0 Å². The molecule has 0 radical (unpaired) electrons. The second-order valence-corrected chi connectivity index (χ2v) is 16.8. The van der Waals surface area contributed by atoms with E-state index in [1.165, 1.54) is 88.3 Å². The molecule has 0 heterocycles. The van der Waals surface area contributed by atoms with Crippen LogP contribution in [0.1, 0.15) is 22.3 Å². The van der Waals surface area contributed by atoms with Gasteiger partial charge in [0.25, 0.3) is 0 Å². The molecule has 11 aromatic rings. The zero-order chi connectivity index (χ0) is 42.5. The Balaban J connectivity index is 1.04.